The molecule has 0 radical (unpaired) electrons. The average Bonchev–Trinajstić information content (AvgIpc) is 3.01. The highest BCUT2D eigenvalue weighted by Crippen LogP contribution is 2.23. The zero-order valence-corrected chi connectivity index (χ0v) is 17.0. The maximum Gasteiger partial charge on any atom is 0.339 e. The minimum Gasteiger partial charge on any atom is -0.465 e. The van der Waals surface area contributed by atoms with Crippen LogP contribution in [0, 0.1) is 13.8 Å². The molecule has 0 spiro atoms. The molecule has 0 atom stereocenters. The zero-order chi connectivity index (χ0) is 21.0. The van der Waals surface area contributed by atoms with Gasteiger partial charge in [0.05, 0.1) is 24.6 Å². The van der Waals surface area contributed by atoms with Gasteiger partial charge in [0.2, 0.25) is 0 Å². The average molecular weight is 410 g/mol. The standard InChI is InChI=1S/C22H20ClN3O3/c1-14-12-17(13-24-25-21(27)16-8-10-18(23)11-9-16)15(2)26(14)20-7-5-4-6-19(20)22(28)29-3/h4-13H,1-3H3,(H,25,27)/b24-13-. The molecule has 1 amide bonds. The van der Waals surface area contributed by atoms with E-state index >= 15 is 0 Å². The first-order valence-electron chi connectivity index (χ1n) is 8.88. The largest absolute Gasteiger partial charge is 0.465 e. The topological polar surface area (TPSA) is 72.7 Å². The second kappa shape index (κ2) is 8.75. The van der Waals surface area contributed by atoms with Crippen LogP contribution in [0.3, 0.4) is 0 Å². The van der Waals surface area contributed by atoms with Crippen molar-refractivity contribution in [3.05, 3.63) is 87.7 Å². The highest BCUT2D eigenvalue weighted by atomic mass is 35.5. The Labute approximate surface area is 173 Å². The van der Waals surface area contributed by atoms with Crippen molar-refractivity contribution in [1.82, 2.24) is 9.99 Å². The molecule has 0 bridgehead atoms. The van der Waals surface area contributed by atoms with Gasteiger partial charge in [0.1, 0.15) is 0 Å². The van der Waals surface area contributed by atoms with E-state index in [0.29, 0.717) is 16.1 Å². The molecule has 1 N–H and O–H groups in total. The first-order chi connectivity index (χ1) is 13.9. The van der Waals surface area contributed by atoms with Gasteiger partial charge in [0, 0.05) is 27.5 Å². The van der Waals surface area contributed by atoms with Crippen molar-refractivity contribution < 1.29 is 14.3 Å². The monoisotopic (exact) mass is 409 g/mol. The first-order valence-corrected chi connectivity index (χ1v) is 9.25. The normalized spacial score (nSPS) is 10.9. The van der Waals surface area contributed by atoms with Crippen molar-refractivity contribution in [2.24, 2.45) is 5.10 Å². The molecule has 0 saturated carbocycles. The molecule has 29 heavy (non-hydrogen) atoms. The third-order valence-corrected chi connectivity index (χ3v) is 4.75. The van der Waals surface area contributed by atoms with E-state index in [9.17, 15) is 9.59 Å². The number of amides is 1. The lowest BCUT2D eigenvalue weighted by molar-refractivity contribution is 0.0600. The van der Waals surface area contributed by atoms with E-state index in [4.69, 9.17) is 16.3 Å². The molecule has 0 fully saturated rings. The van der Waals surface area contributed by atoms with E-state index in [-0.39, 0.29) is 5.91 Å². The van der Waals surface area contributed by atoms with Gasteiger partial charge in [-0.3, -0.25) is 4.79 Å². The number of hydrogen-bond donors (Lipinski definition) is 1. The molecule has 7 heteroatoms. The summed E-state index contributed by atoms with van der Waals surface area (Å²) in [5.74, 6) is -0.735. The van der Waals surface area contributed by atoms with Gasteiger partial charge in [0.15, 0.2) is 0 Å². The van der Waals surface area contributed by atoms with Crippen molar-refractivity contribution in [2.45, 2.75) is 13.8 Å². The van der Waals surface area contributed by atoms with Crippen LogP contribution in [0.1, 0.15) is 37.7 Å². The van der Waals surface area contributed by atoms with Gasteiger partial charge in [-0.2, -0.15) is 5.10 Å². The van der Waals surface area contributed by atoms with Gasteiger partial charge in [-0.25, -0.2) is 10.2 Å². The Hall–Kier alpha value is -3.38. The lowest BCUT2D eigenvalue weighted by Gasteiger charge is -2.13. The van der Waals surface area contributed by atoms with E-state index in [2.05, 4.69) is 10.5 Å². The molecule has 0 saturated heterocycles. The van der Waals surface area contributed by atoms with Gasteiger partial charge in [-0.1, -0.05) is 23.7 Å². The minimum atomic E-state index is -0.404. The molecule has 0 aliphatic carbocycles. The van der Waals surface area contributed by atoms with Gasteiger partial charge in [-0.15, -0.1) is 0 Å². The summed E-state index contributed by atoms with van der Waals surface area (Å²) in [7, 11) is 1.36. The van der Waals surface area contributed by atoms with Crippen LogP contribution in [-0.2, 0) is 4.74 Å². The molecule has 3 aromatic rings. The fraction of sp³-hybridized carbons (Fsp3) is 0.136. The van der Waals surface area contributed by atoms with Gasteiger partial charge in [0.25, 0.3) is 5.91 Å². The number of hydrogen-bond acceptors (Lipinski definition) is 4. The predicted octanol–water partition coefficient (Wildman–Crippen LogP) is 4.30. The summed E-state index contributed by atoms with van der Waals surface area (Å²) in [6.45, 7) is 3.86. The van der Waals surface area contributed by atoms with Crippen LogP contribution in [0.25, 0.3) is 5.69 Å². The maximum atomic E-state index is 12.2. The Morgan fingerprint density at radius 1 is 1.10 bits per heavy atom. The number of methoxy groups -OCH3 is 1. The molecule has 3 rings (SSSR count). The molecule has 2 aromatic carbocycles. The number of esters is 1. The fourth-order valence-corrected chi connectivity index (χ4v) is 3.19. The summed E-state index contributed by atoms with van der Waals surface area (Å²) < 4.78 is 6.84. The molecular weight excluding hydrogens is 390 g/mol. The van der Waals surface area contributed by atoms with Gasteiger partial charge < -0.3 is 9.30 Å². The Morgan fingerprint density at radius 2 is 1.79 bits per heavy atom. The number of nitrogens with zero attached hydrogens (tertiary/aromatic N) is 2. The summed E-state index contributed by atoms with van der Waals surface area (Å²) in [4.78, 5) is 24.3. The van der Waals surface area contributed by atoms with E-state index in [1.165, 1.54) is 7.11 Å². The number of ether oxygens (including phenoxy) is 1. The highest BCUT2D eigenvalue weighted by molar-refractivity contribution is 6.30. The Bertz CT molecular complexity index is 1090. The smallest absolute Gasteiger partial charge is 0.339 e. The number of carbonyl (C=O) groups excluding carboxylic acids is 2. The van der Waals surface area contributed by atoms with Crippen LogP contribution in [0.5, 0.6) is 0 Å². The van der Waals surface area contributed by atoms with E-state index < -0.39 is 5.97 Å². The Morgan fingerprint density at radius 3 is 2.48 bits per heavy atom. The number of nitrogens with one attached hydrogen (secondary N) is 1. The summed E-state index contributed by atoms with van der Waals surface area (Å²) in [5.41, 5.74) is 6.77. The molecule has 6 nitrogen and oxygen atoms in total. The van der Waals surface area contributed by atoms with Crippen molar-refractivity contribution >= 4 is 29.7 Å². The number of aromatic nitrogens is 1. The Balaban J connectivity index is 1.85. The van der Waals surface area contributed by atoms with Crippen molar-refractivity contribution in [1.29, 1.82) is 0 Å². The first kappa shape index (κ1) is 20.4. The van der Waals surface area contributed by atoms with Crippen LogP contribution in [0.4, 0.5) is 0 Å². The number of rotatable bonds is 5. The quantitative estimate of drug-likeness (QED) is 0.388. The SMILES string of the molecule is COC(=O)c1ccccc1-n1c(C)cc(/C=N\NC(=O)c2ccc(Cl)cc2)c1C. The van der Waals surface area contributed by atoms with Gasteiger partial charge in [-0.05, 0) is 56.3 Å². The van der Waals surface area contributed by atoms with E-state index in [1.54, 1.807) is 42.6 Å². The van der Waals surface area contributed by atoms with Gasteiger partial charge >= 0.3 is 5.97 Å². The maximum absolute atomic E-state index is 12.2. The number of para-hydroxylation sites is 1. The van der Waals surface area contributed by atoms with E-state index in [1.807, 2.05) is 36.6 Å². The zero-order valence-electron chi connectivity index (χ0n) is 16.3. The number of carbonyl (C=O) groups is 2. The van der Waals surface area contributed by atoms with Crippen molar-refractivity contribution in [2.75, 3.05) is 7.11 Å². The molecule has 148 valence electrons. The predicted molar refractivity (Wildman–Crippen MR) is 113 cm³/mol. The summed E-state index contributed by atoms with van der Waals surface area (Å²) in [6.07, 6.45) is 1.58. The molecule has 0 aliphatic rings. The number of hydrazone groups is 1. The second-order valence-corrected chi connectivity index (χ2v) is 6.81. The minimum absolute atomic E-state index is 0.331. The second-order valence-electron chi connectivity index (χ2n) is 6.38. The molecule has 0 unspecified atom stereocenters. The van der Waals surface area contributed by atoms with E-state index in [0.717, 1.165) is 22.6 Å². The molecule has 1 aromatic heterocycles. The highest BCUT2D eigenvalue weighted by Gasteiger charge is 2.17. The molecule has 0 aliphatic heterocycles. The fourth-order valence-electron chi connectivity index (χ4n) is 3.07. The molecular formula is C22H20ClN3O3. The third-order valence-electron chi connectivity index (χ3n) is 4.50. The summed E-state index contributed by atoms with van der Waals surface area (Å²) in [6, 6.07) is 15.7. The Kier molecular flexibility index (Phi) is 6.14. The van der Waals surface area contributed by atoms with Crippen LogP contribution >= 0.6 is 11.6 Å². The van der Waals surface area contributed by atoms with Crippen molar-refractivity contribution in [3.8, 4) is 5.69 Å². The van der Waals surface area contributed by atoms with Crippen LogP contribution in [-0.4, -0.2) is 29.8 Å². The lowest BCUT2D eigenvalue weighted by Crippen LogP contribution is -2.17. The van der Waals surface area contributed by atoms with Crippen LogP contribution in [0.15, 0.2) is 59.7 Å². The molecule has 1 heterocycles. The van der Waals surface area contributed by atoms with Crippen LogP contribution < -0.4 is 5.43 Å². The number of benzene rings is 2. The lowest BCUT2D eigenvalue weighted by atomic mass is 10.1. The van der Waals surface area contributed by atoms with Crippen molar-refractivity contribution in [3.63, 3.8) is 0 Å². The number of aryl methyl sites for hydroxylation is 1. The van der Waals surface area contributed by atoms with Crippen LogP contribution in [0.2, 0.25) is 5.02 Å². The third kappa shape index (κ3) is 4.38. The summed E-state index contributed by atoms with van der Waals surface area (Å²) in [5, 5.41) is 4.62. The number of halogens is 1. The summed E-state index contributed by atoms with van der Waals surface area (Å²) >= 11 is 5.83.